The molecule has 0 amide bonds. The largest absolute Gasteiger partial charge is 0.406 e. The highest BCUT2D eigenvalue weighted by atomic mass is 19.4. The summed E-state index contributed by atoms with van der Waals surface area (Å²) in [5.74, 6) is 0.979. The van der Waals surface area contributed by atoms with Gasteiger partial charge in [-0.05, 0) is 45.8 Å². The van der Waals surface area contributed by atoms with E-state index in [-0.39, 0.29) is 6.10 Å². The average Bonchev–Trinajstić information content (AvgIpc) is 2.85. The van der Waals surface area contributed by atoms with Gasteiger partial charge in [0, 0.05) is 25.5 Å². The lowest BCUT2D eigenvalue weighted by atomic mass is 9.96. The van der Waals surface area contributed by atoms with Crippen LogP contribution in [0.3, 0.4) is 0 Å². The fraction of sp³-hybridized carbons (Fsp3) is 0.812. The van der Waals surface area contributed by atoms with Gasteiger partial charge in [-0.2, -0.15) is 13.2 Å². The Labute approximate surface area is 141 Å². The molecule has 0 bridgehead atoms. The highest BCUT2D eigenvalue weighted by molar-refractivity contribution is 4.93. The average molecular weight is 348 g/mol. The Morgan fingerprint density at radius 1 is 1.38 bits per heavy atom. The minimum absolute atomic E-state index is 0.309. The monoisotopic (exact) mass is 348 g/mol. The van der Waals surface area contributed by atoms with Crippen LogP contribution < -0.4 is 0 Å². The van der Waals surface area contributed by atoms with Gasteiger partial charge in [0.15, 0.2) is 0 Å². The molecule has 0 unspecified atom stereocenters. The number of aliphatic hydroxyl groups excluding tert-OH is 1. The number of rotatable bonds is 7. The number of hydrogen-bond acceptors (Lipinski definition) is 4. The number of hydrogen-bond donors (Lipinski definition) is 1. The molecule has 0 radical (unpaired) electrons. The van der Waals surface area contributed by atoms with Crippen LogP contribution in [0.4, 0.5) is 13.2 Å². The first-order valence-corrected chi connectivity index (χ1v) is 8.38. The molecule has 1 fully saturated rings. The van der Waals surface area contributed by atoms with Gasteiger partial charge in [-0.3, -0.25) is 4.90 Å². The molecule has 1 N–H and O–H groups in total. The maximum atomic E-state index is 12.6. The van der Waals surface area contributed by atoms with Crippen molar-refractivity contribution in [2.75, 3.05) is 33.2 Å². The van der Waals surface area contributed by atoms with E-state index in [1.807, 2.05) is 11.9 Å². The van der Waals surface area contributed by atoms with Crippen molar-refractivity contribution in [2.45, 2.75) is 45.1 Å². The number of aromatic nitrogens is 2. The van der Waals surface area contributed by atoms with E-state index in [2.05, 4.69) is 9.88 Å². The second kappa shape index (κ2) is 8.31. The van der Waals surface area contributed by atoms with Crippen LogP contribution in [0.1, 0.15) is 25.6 Å². The standard InChI is InChI=1S/C16H27F3N4O/c1-13(24)9-22-6-3-14(4-7-22)10-21(2)11-15-20-5-8-23(15)12-16(17,18)19/h5,8,13-14,24H,3-4,6-7,9-12H2,1-2H3/t13-/m1/s1. The van der Waals surface area contributed by atoms with Crippen molar-refractivity contribution < 1.29 is 18.3 Å². The summed E-state index contributed by atoms with van der Waals surface area (Å²) in [6.07, 6.45) is 0.360. The van der Waals surface area contributed by atoms with Crippen molar-refractivity contribution in [2.24, 2.45) is 5.92 Å². The van der Waals surface area contributed by atoms with Crippen LogP contribution in [0, 0.1) is 5.92 Å². The van der Waals surface area contributed by atoms with Crippen LogP contribution >= 0.6 is 0 Å². The third-order valence-corrected chi connectivity index (χ3v) is 4.36. The molecule has 138 valence electrons. The molecule has 2 heterocycles. The van der Waals surface area contributed by atoms with Crippen LogP contribution in [-0.2, 0) is 13.1 Å². The van der Waals surface area contributed by atoms with Crippen molar-refractivity contribution in [3.8, 4) is 0 Å². The van der Waals surface area contributed by atoms with E-state index in [0.717, 1.165) is 32.5 Å². The first-order valence-electron chi connectivity index (χ1n) is 8.38. The Morgan fingerprint density at radius 3 is 2.62 bits per heavy atom. The van der Waals surface area contributed by atoms with E-state index in [9.17, 15) is 18.3 Å². The molecule has 2 rings (SSSR count). The van der Waals surface area contributed by atoms with Gasteiger partial charge in [0.25, 0.3) is 0 Å². The number of imidazole rings is 1. The maximum Gasteiger partial charge on any atom is 0.406 e. The highest BCUT2D eigenvalue weighted by Crippen LogP contribution is 2.20. The smallest absolute Gasteiger partial charge is 0.392 e. The van der Waals surface area contributed by atoms with Crippen molar-refractivity contribution in [3.05, 3.63) is 18.2 Å². The van der Waals surface area contributed by atoms with E-state index in [4.69, 9.17) is 0 Å². The summed E-state index contributed by atoms with van der Waals surface area (Å²) >= 11 is 0. The summed E-state index contributed by atoms with van der Waals surface area (Å²) in [7, 11) is 1.93. The summed E-state index contributed by atoms with van der Waals surface area (Å²) in [5.41, 5.74) is 0. The predicted molar refractivity (Wildman–Crippen MR) is 85.5 cm³/mol. The lowest BCUT2D eigenvalue weighted by molar-refractivity contribution is -0.141. The predicted octanol–water partition coefficient (Wildman–Crippen LogP) is 1.97. The quantitative estimate of drug-likeness (QED) is 0.818. The Morgan fingerprint density at radius 2 is 2.04 bits per heavy atom. The van der Waals surface area contributed by atoms with Crippen LogP contribution in [0.5, 0.6) is 0 Å². The Bertz CT molecular complexity index is 496. The van der Waals surface area contributed by atoms with Gasteiger partial charge in [-0.1, -0.05) is 0 Å². The fourth-order valence-electron chi connectivity index (χ4n) is 3.30. The summed E-state index contributed by atoms with van der Waals surface area (Å²) in [6, 6.07) is 0. The van der Waals surface area contributed by atoms with Gasteiger partial charge in [-0.25, -0.2) is 4.98 Å². The number of alkyl halides is 3. The van der Waals surface area contributed by atoms with Gasteiger partial charge in [0.05, 0.1) is 12.6 Å². The van der Waals surface area contributed by atoms with Crippen molar-refractivity contribution in [1.29, 1.82) is 0 Å². The second-order valence-corrected chi connectivity index (χ2v) is 6.88. The van der Waals surface area contributed by atoms with Gasteiger partial charge in [-0.15, -0.1) is 0 Å². The summed E-state index contributed by atoms with van der Waals surface area (Å²) in [5, 5.41) is 9.43. The highest BCUT2D eigenvalue weighted by Gasteiger charge is 2.29. The topological polar surface area (TPSA) is 44.5 Å². The summed E-state index contributed by atoms with van der Waals surface area (Å²) in [4.78, 5) is 8.37. The van der Waals surface area contributed by atoms with Crippen LogP contribution in [0.15, 0.2) is 12.4 Å². The minimum Gasteiger partial charge on any atom is -0.392 e. The normalized spacial score (nSPS) is 19.1. The van der Waals surface area contributed by atoms with Gasteiger partial charge < -0.3 is 14.6 Å². The lowest BCUT2D eigenvalue weighted by Crippen LogP contribution is -2.40. The molecule has 5 nitrogen and oxygen atoms in total. The first-order chi connectivity index (χ1) is 11.2. The molecule has 0 spiro atoms. The zero-order valence-corrected chi connectivity index (χ0v) is 14.3. The molecular formula is C16H27F3N4O. The molecule has 1 aromatic heterocycles. The van der Waals surface area contributed by atoms with Crippen molar-refractivity contribution in [3.63, 3.8) is 0 Å². The van der Waals surface area contributed by atoms with Crippen LogP contribution in [0.25, 0.3) is 0 Å². The van der Waals surface area contributed by atoms with Gasteiger partial charge >= 0.3 is 6.18 Å². The number of piperidine rings is 1. The molecule has 1 aliphatic rings. The minimum atomic E-state index is -4.23. The third-order valence-electron chi connectivity index (χ3n) is 4.36. The van der Waals surface area contributed by atoms with Gasteiger partial charge in [0.2, 0.25) is 0 Å². The third kappa shape index (κ3) is 6.41. The molecule has 1 aromatic rings. The second-order valence-electron chi connectivity index (χ2n) is 6.88. The van der Waals surface area contributed by atoms with E-state index < -0.39 is 12.7 Å². The molecule has 0 aromatic carbocycles. The first kappa shape index (κ1) is 19.2. The summed E-state index contributed by atoms with van der Waals surface area (Å²) in [6.45, 7) is 4.70. The van der Waals surface area contributed by atoms with E-state index in [1.54, 1.807) is 6.92 Å². The molecule has 1 atom stereocenters. The molecule has 1 aliphatic heterocycles. The Kier molecular flexibility index (Phi) is 6.65. The van der Waals surface area contributed by atoms with Crippen molar-refractivity contribution >= 4 is 0 Å². The zero-order valence-electron chi connectivity index (χ0n) is 14.3. The van der Waals surface area contributed by atoms with Crippen molar-refractivity contribution in [1.82, 2.24) is 19.4 Å². The SMILES string of the molecule is C[C@@H](O)CN1CCC(CN(C)Cc2nccn2CC(F)(F)F)CC1. The number of aliphatic hydroxyl groups is 1. The number of halogens is 3. The van der Waals surface area contributed by atoms with Gasteiger partial charge in [0.1, 0.15) is 12.4 Å². The summed E-state index contributed by atoms with van der Waals surface area (Å²) < 4.78 is 38.8. The Balaban J connectivity index is 1.78. The molecule has 8 heteroatoms. The molecule has 24 heavy (non-hydrogen) atoms. The molecule has 1 saturated heterocycles. The number of β-amino-alcohol motifs (C(OH)–C–C–N with tert-alkyl or cyclic N) is 1. The lowest BCUT2D eigenvalue weighted by Gasteiger charge is -2.34. The van der Waals surface area contributed by atoms with Crippen LogP contribution in [-0.4, -0.2) is 70.0 Å². The number of nitrogens with zero attached hydrogens (tertiary/aromatic N) is 4. The number of likely N-dealkylation sites (tertiary alicyclic amines) is 1. The van der Waals surface area contributed by atoms with E-state index in [0.29, 0.717) is 24.8 Å². The fourth-order valence-corrected chi connectivity index (χ4v) is 3.30. The van der Waals surface area contributed by atoms with E-state index in [1.165, 1.54) is 17.0 Å². The molecular weight excluding hydrogens is 321 g/mol. The Hall–Kier alpha value is -1.12. The molecule has 0 aliphatic carbocycles. The molecule has 0 saturated carbocycles. The van der Waals surface area contributed by atoms with E-state index >= 15 is 0 Å². The van der Waals surface area contributed by atoms with Crippen LogP contribution in [0.2, 0.25) is 0 Å². The maximum absolute atomic E-state index is 12.6. The zero-order chi connectivity index (χ0) is 17.7.